The van der Waals surface area contributed by atoms with Crippen molar-refractivity contribution in [2.24, 2.45) is 9.98 Å². The molecule has 5 nitrogen and oxygen atoms in total. The van der Waals surface area contributed by atoms with Gasteiger partial charge in [0.1, 0.15) is 11.5 Å². The van der Waals surface area contributed by atoms with Gasteiger partial charge in [0.2, 0.25) is 12.2 Å². The fraction of sp³-hybridized carbons (Fsp3) is 0. The van der Waals surface area contributed by atoms with Crippen molar-refractivity contribution in [3.8, 4) is 11.5 Å². The van der Waals surface area contributed by atoms with Crippen LogP contribution in [0, 0.1) is 0 Å². The lowest BCUT2D eigenvalue weighted by Gasteiger charge is -2.05. The number of ether oxygens (including phenoxy) is 1. The van der Waals surface area contributed by atoms with Crippen LogP contribution in [0.5, 0.6) is 11.5 Å². The van der Waals surface area contributed by atoms with E-state index >= 15 is 0 Å². The van der Waals surface area contributed by atoms with Gasteiger partial charge in [-0.3, -0.25) is 0 Å². The third-order valence-electron chi connectivity index (χ3n) is 2.26. The number of aliphatic imine (C=N–C) groups is 2. The Morgan fingerprint density at radius 3 is 1.37 bits per heavy atom. The Kier molecular flexibility index (Phi) is 3.98. The van der Waals surface area contributed by atoms with Gasteiger partial charge in [-0.1, -0.05) is 0 Å². The Hall–Kier alpha value is -3.00. The zero-order valence-corrected chi connectivity index (χ0v) is 9.74. The number of rotatable bonds is 4. The molecule has 0 saturated heterocycles. The Labute approximate surface area is 108 Å². The molecule has 0 amide bonds. The summed E-state index contributed by atoms with van der Waals surface area (Å²) in [5, 5.41) is 0. The highest BCUT2D eigenvalue weighted by Crippen LogP contribution is 2.25. The molecule has 19 heavy (non-hydrogen) atoms. The van der Waals surface area contributed by atoms with Crippen molar-refractivity contribution < 1.29 is 14.3 Å². The molecule has 0 aromatic heterocycles. The van der Waals surface area contributed by atoms with E-state index in [9.17, 15) is 9.59 Å². The zero-order valence-electron chi connectivity index (χ0n) is 9.74. The molecule has 0 saturated carbocycles. The fourth-order valence-corrected chi connectivity index (χ4v) is 1.42. The number of isocyanates is 2. The fourth-order valence-electron chi connectivity index (χ4n) is 1.42. The Morgan fingerprint density at radius 2 is 1.05 bits per heavy atom. The molecule has 0 heterocycles. The van der Waals surface area contributed by atoms with Gasteiger partial charge in [0.25, 0.3) is 0 Å². The van der Waals surface area contributed by atoms with Crippen molar-refractivity contribution in [2.45, 2.75) is 0 Å². The van der Waals surface area contributed by atoms with Gasteiger partial charge in [0, 0.05) is 0 Å². The lowest BCUT2D eigenvalue weighted by atomic mass is 10.3. The number of nitrogens with zero attached hydrogens (tertiary/aromatic N) is 2. The van der Waals surface area contributed by atoms with Crippen LogP contribution < -0.4 is 4.74 Å². The molecule has 0 bridgehead atoms. The molecule has 0 aliphatic carbocycles. The number of hydrogen-bond donors (Lipinski definition) is 0. The second-order valence-corrected chi connectivity index (χ2v) is 3.50. The van der Waals surface area contributed by atoms with Crippen LogP contribution in [0.2, 0.25) is 0 Å². The summed E-state index contributed by atoms with van der Waals surface area (Å²) in [6.07, 6.45) is 2.93. The minimum Gasteiger partial charge on any atom is -0.457 e. The summed E-state index contributed by atoms with van der Waals surface area (Å²) in [7, 11) is 0. The van der Waals surface area contributed by atoms with Gasteiger partial charge in [-0.2, -0.15) is 9.98 Å². The van der Waals surface area contributed by atoms with E-state index in [-0.39, 0.29) is 0 Å². The Balaban J connectivity index is 2.11. The highest BCUT2D eigenvalue weighted by Gasteiger charge is 1.98. The van der Waals surface area contributed by atoms with Gasteiger partial charge in [0.15, 0.2) is 0 Å². The average molecular weight is 252 g/mol. The maximum Gasteiger partial charge on any atom is 0.240 e. The van der Waals surface area contributed by atoms with Crippen LogP contribution in [0.1, 0.15) is 0 Å². The van der Waals surface area contributed by atoms with Gasteiger partial charge < -0.3 is 4.74 Å². The quantitative estimate of drug-likeness (QED) is 0.618. The number of benzene rings is 2. The second kappa shape index (κ2) is 6.07. The SMILES string of the molecule is O=C=Nc1ccc(Oc2ccc(N=C=O)cc2)cc1. The standard InChI is InChI=1S/C14H8N2O3/c17-9-15-11-1-5-13(6-2-11)19-14-7-3-12(4-8-14)16-10-18/h1-8H. The molecule has 2 rings (SSSR count). The van der Waals surface area contributed by atoms with Crippen LogP contribution >= 0.6 is 0 Å². The predicted octanol–water partition coefficient (Wildman–Crippen LogP) is 3.41. The van der Waals surface area contributed by atoms with Gasteiger partial charge >= 0.3 is 0 Å². The summed E-state index contributed by atoms with van der Waals surface area (Å²) in [6.45, 7) is 0. The van der Waals surface area contributed by atoms with Gasteiger partial charge in [-0.25, -0.2) is 9.59 Å². The molecule has 0 spiro atoms. The summed E-state index contributed by atoms with van der Waals surface area (Å²) in [5.41, 5.74) is 1.02. The van der Waals surface area contributed by atoms with Crippen LogP contribution in [-0.2, 0) is 9.59 Å². The topological polar surface area (TPSA) is 68.1 Å². The molecule has 5 heteroatoms. The molecule has 2 aromatic carbocycles. The maximum absolute atomic E-state index is 10.1. The van der Waals surface area contributed by atoms with E-state index in [0.717, 1.165) is 0 Å². The minimum absolute atomic E-state index is 0.512. The highest BCUT2D eigenvalue weighted by molar-refractivity contribution is 5.52. The largest absolute Gasteiger partial charge is 0.457 e. The molecule has 0 radical (unpaired) electrons. The van der Waals surface area contributed by atoms with Crippen molar-refractivity contribution in [1.29, 1.82) is 0 Å². The molecular formula is C14H8N2O3. The number of carbonyl (C=O) groups excluding carboxylic acids is 2. The lowest BCUT2D eigenvalue weighted by Crippen LogP contribution is -1.82. The lowest BCUT2D eigenvalue weighted by molar-refractivity contribution is 0.483. The first-order valence-electron chi connectivity index (χ1n) is 5.35. The van der Waals surface area contributed by atoms with Crippen molar-refractivity contribution in [3.63, 3.8) is 0 Å². The van der Waals surface area contributed by atoms with E-state index in [2.05, 4.69) is 9.98 Å². The van der Waals surface area contributed by atoms with Crippen LogP contribution in [0.4, 0.5) is 11.4 Å². The first-order chi connectivity index (χ1) is 9.31. The van der Waals surface area contributed by atoms with E-state index in [1.165, 1.54) is 12.2 Å². The Morgan fingerprint density at radius 1 is 0.684 bits per heavy atom. The molecule has 0 aliphatic rings. The molecule has 92 valence electrons. The Bertz CT molecular complexity index is 591. The molecule has 2 aromatic rings. The van der Waals surface area contributed by atoms with E-state index in [4.69, 9.17) is 4.74 Å². The van der Waals surface area contributed by atoms with Crippen LogP contribution in [-0.4, -0.2) is 12.2 Å². The van der Waals surface area contributed by atoms with Crippen molar-refractivity contribution >= 4 is 23.5 Å². The van der Waals surface area contributed by atoms with Crippen molar-refractivity contribution in [1.82, 2.24) is 0 Å². The zero-order chi connectivity index (χ0) is 13.5. The first kappa shape index (κ1) is 12.5. The van der Waals surface area contributed by atoms with E-state index in [1.54, 1.807) is 48.5 Å². The normalized spacial score (nSPS) is 9.05. The molecule has 0 N–H and O–H groups in total. The van der Waals surface area contributed by atoms with Crippen molar-refractivity contribution in [3.05, 3.63) is 48.5 Å². The molecular weight excluding hydrogens is 244 g/mol. The summed E-state index contributed by atoms with van der Waals surface area (Å²) in [6, 6.07) is 13.3. The average Bonchev–Trinajstić information content (AvgIpc) is 2.44. The monoisotopic (exact) mass is 252 g/mol. The highest BCUT2D eigenvalue weighted by atomic mass is 16.5. The molecule has 0 fully saturated rings. The van der Waals surface area contributed by atoms with Crippen LogP contribution in [0.3, 0.4) is 0 Å². The van der Waals surface area contributed by atoms with Gasteiger partial charge in [0.05, 0.1) is 11.4 Å². The van der Waals surface area contributed by atoms with E-state index in [1.807, 2.05) is 0 Å². The van der Waals surface area contributed by atoms with Gasteiger partial charge in [-0.15, -0.1) is 0 Å². The van der Waals surface area contributed by atoms with Crippen LogP contribution in [0.15, 0.2) is 58.5 Å². The smallest absolute Gasteiger partial charge is 0.240 e. The van der Waals surface area contributed by atoms with Crippen molar-refractivity contribution in [2.75, 3.05) is 0 Å². The first-order valence-corrected chi connectivity index (χ1v) is 5.35. The van der Waals surface area contributed by atoms with Crippen LogP contribution in [0.25, 0.3) is 0 Å². The summed E-state index contributed by atoms with van der Waals surface area (Å²) in [5.74, 6) is 1.22. The van der Waals surface area contributed by atoms with E-state index in [0.29, 0.717) is 22.9 Å². The third kappa shape index (κ3) is 3.48. The number of hydrogen-bond acceptors (Lipinski definition) is 5. The summed E-state index contributed by atoms with van der Waals surface area (Å²) >= 11 is 0. The molecule has 0 atom stereocenters. The summed E-state index contributed by atoms with van der Waals surface area (Å²) < 4.78 is 5.56. The third-order valence-corrected chi connectivity index (χ3v) is 2.26. The molecule has 0 unspecified atom stereocenters. The van der Waals surface area contributed by atoms with E-state index < -0.39 is 0 Å². The maximum atomic E-state index is 10.1. The van der Waals surface area contributed by atoms with Gasteiger partial charge in [-0.05, 0) is 48.5 Å². The summed E-state index contributed by atoms with van der Waals surface area (Å²) in [4.78, 5) is 27.1. The predicted molar refractivity (Wildman–Crippen MR) is 68.5 cm³/mol. The minimum atomic E-state index is 0.512. The molecule has 0 aliphatic heterocycles. The second-order valence-electron chi connectivity index (χ2n) is 3.50.